The van der Waals surface area contributed by atoms with Crippen molar-refractivity contribution >= 4 is 5.91 Å². The Morgan fingerprint density at radius 2 is 1.88 bits per heavy atom. The molecule has 94 valence electrons. The monoisotopic (exact) mass is 238 g/mol. The van der Waals surface area contributed by atoms with Gasteiger partial charge in [-0.25, -0.2) is 4.39 Å². The Kier molecular flexibility index (Phi) is 4.63. The van der Waals surface area contributed by atoms with Gasteiger partial charge in [0, 0.05) is 5.56 Å². The molecule has 0 bridgehead atoms. The molecule has 2 atom stereocenters. The third-order valence-electron chi connectivity index (χ3n) is 2.75. The van der Waals surface area contributed by atoms with Crippen molar-refractivity contribution in [2.45, 2.75) is 32.9 Å². The summed E-state index contributed by atoms with van der Waals surface area (Å²) in [4.78, 5) is 11.7. The van der Waals surface area contributed by atoms with Crippen LogP contribution in [0.4, 0.5) is 4.39 Å². The SMILES string of the molecule is CC(NC(=O)[C@@H](N)C(C)C)c1ccccc1F. The summed E-state index contributed by atoms with van der Waals surface area (Å²) in [5, 5.41) is 2.71. The summed E-state index contributed by atoms with van der Waals surface area (Å²) >= 11 is 0. The van der Waals surface area contributed by atoms with Crippen LogP contribution in [-0.2, 0) is 4.79 Å². The Hall–Kier alpha value is -1.42. The lowest BCUT2D eigenvalue weighted by Gasteiger charge is -2.20. The molecule has 0 aliphatic rings. The van der Waals surface area contributed by atoms with Gasteiger partial charge in [0.05, 0.1) is 12.1 Å². The second kappa shape index (κ2) is 5.77. The van der Waals surface area contributed by atoms with E-state index >= 15 is 0 Å². The molecule has 1 aromatic carbocycles. The minimum Gasteiger partial charge on any atom is -0.348 e. The molecule has 3 N–H and O–H groups in total. The summed E-state index contributed by atoms with van der Waals surface area (Å²) in [7, 11) is 0. The maximum absolute atomic E-state index is 13.5. The molecule has 0 saturated heterocycles. The Morgan fingerprint density at radius 1 is 1.29 bits per heavy atom. The molecule has 1 unspecified atom stereocenters. The topological polar surface area (TPSA) is 55.1 Å². The summed E-state index contributed by atoms with van der Waals surface area (Å²) in [6.45, 7) is 5.49. The Labute approximate surface area is 101 Å². The fourth-order valence-electron chi connectivity index (χ4n) is 1.52. The first-order valence-electron chi connectivity index (χ1n) is 5.74. The average molecular weight is 238 g/mol. The van der Waals surface area contributed by atoms with Crippen molar-refractivity contribution in [2.75, 3.05) is 0 Å². The number of amides is 1. The lowest BCUT2D eigenvalue weighted by molar-refractivity contribution is -0.123. The van der Waals surface area contributed by atoms with E-state index in [1.165, 1.54) is 6.07 Å². The van der Waals surface area contributed by atoms with Crippen molar-refractivity contribution in [2.24, 2.45) is 11.7 Å². The molecule has 0 aromatic heterocycles. The van der Waals surface area contributed by atoms with Crippen LogP contribution in [0, 0.1) is 11.7 Å². The second-order valence-corrected chi connectivity index (χ2v) is 4.52. The normalized spacial score (nSPS) is 14.5. The molecule has 0 spiro atoms. The molecule has 3 nitrogen and oxygen atoms in total. The van der Waals surface area contributed by atoms with Gasteiger partial charge in [-0.05, 0) is 18.9 Å². The minimum absolute atomic E-state index is 0.0582. The van der Waals surface area contributed by atoms with Gasteiger partial charge in [0.2, 0.25) is 5.91 Å². The van der Waals surface area contributed by atoms with Crippen LogP contribution in [0.5, 0.6) is 0 Å². The number of hydrogen-bond acceptors (Lipinski definition) is 2. The molecule has 0 saturated carbocycles. The number of carbonyl (C=O) groups is 1. The van der Waals surface area contributed by atoms with Gasteiger partial charge >= 0.3 is 0 Å². The van der Waals surface area contributed by atoms with E-state index in [0.717, 1.165) is 0 Å². The van der Waals surface area contributed by atoms with Crippen LogP contribution in [0.1, 0.15) is 32.4 Å². The van der Waals surface area contributed by atoms with Crippen molar-refractivity contribution in [1.29, 1.82) is 0 Å². The van der Waals surface area contributed by atoms with Gasteiger partial charge in [-0.1, -0.05) is 32.0 Å². The summed E-state index contributed by atoms with van der Waals surface area (Å²) in [5.74, 6) is -0.517. The van der Waals surface area contributed by atoms with Crippen molar-refractivity contribution in [3.63, 3.8) is 0 Å². The predicted octanol–water partition coefficient (Wildman–Crippen LogP) is 1.99. The van der Waals surface area contributed by atoms with Crippen molar-refractivity contribution in [1.82, 2.24) is 5.32 Å². The number of nitrogens with one attached hydrogen (secondary N) is 1. The summed E-state index contributed by atoms with van der Waals surface area (Å²) in [5.41, 5.74) is 6.19. The standard InChI is InChI=1S/C13H19FN2O/c1-8(2)12(15)13(17)16-9(3)10-6-4-5-7-11(10)14/h4-9,12H,15H2,1-3H3,(H,16,17)/t9?,12-/m0/s1. The number of halogens is 1. The van der Waals surface area contributed by atoms with E-state index in [9.17, 15) is 9.18 Å². The van der Waals surface area contributed by atoms with E-state index in [0.29, 0.717) is 5.56 Å². The Bertz CT molecular complexity index is 393. The highest BCUT2D eigenvalue weighted by Crippen LogP contribution is 2.16. The Morgan fingerprint density at radius 3 is 2.41 bits per heavy atom. The van der Waals surface area contributed by atoms with E-state index in [1.807, 2.05) is 13.8 Å². The first kappa shape index (κ1) is 13.6. The fraction of sp³-hybridized carbons (Fsp3) is 0.462. The van der Waals surface area contributed by atoms with Crippen LogP contribution in [-0.4, -0.2) is 11.9 Å². The number of rotatable bonds is 4. The molecule has 0 aliphatic carbocycles. The zero-order valence-electron chi connectivity index (χ0n) is 10.4. The van der Waals surface area contributed by atoms with E-state index < -0.39 is 6.04 Å². The van der Waals surface area contributed by atoms with Crippen LogP contribution >= 0.6 is 0 Å². The predicted molar refractivity (Wildman–Crippen MR) is 65.8 cm³/mol. The molecule has 0 heterocycles. The van der Waals surface area contributed by atoms with E-state index in [1.54, 1.807) is 25.1 Å². The van der Waals surface area contributed by atoms with Gasteiger partial charge in [0.25, 0.3) is 0 Å². The molecule has 1 amide bonds. The van der Waals surface area contributed by atoms with Crippen molar-refractivity contribution in [3.05, 3.63) is 35.6 Å². The third-order valence-corrected chi connectivity index (χ3v) is 2.75. The third kappa shape index (κ3) is 3.53. The quantitative estimate of drug-likeness (QED) is 0.842. The summed E-state index contributed by atoms with van der Waals surface area (Å²) in [6.07, 6.45) is 0. The molecular weight excluding hydrogens is 219 g/mol. The number of nitrogens with two attached hydrogens (primary N) is 1. The van der Waals surface area contributed by atoms with Crippen LogP contribution in [0.3, 0.4) is 0 Å². The molecule has 4 heteroatoms. The van der Waals surface area contributed by atoms with Crippen LogP contribution in [0.2, 0.25) is 0 Å². The van der Waals surface area contributed by atoms with Crippen molar-refractivity contribution in [3.8, 4) is 0 Å². The summed E-state index contributed by atoms with van der Waals surface area (Å²) < 4.78 is 13.5. The number of carbonyl (C=O) groups excluding carboxylic acids is 1. The zero-order chi connectivity index (χ0) is 13.0. The van der Waals surface area contributed by atoms with Gasteiger partial charge in [0.1, 0.15) is 5.82 Å². The van der Waals surface area contributed by atoms with Gasteiger partial charge in [-0.15, -0.1) is 0 Å². The zero-order valence-corrected chi connectivity index (χ0v) is 10.4. The molecular formula is C13H19FN2O. The van der Waals surface area contributed by atoms with E-state index in [-0.39, 0.29) is 23.7 Å². The number of hydrogen-bond donors (Lipinski definition) is 2. The first-order valence-corrected chi connectivity index (χ1v) is 5.74. The highest BCUT2D eigenvalue weighted by Gasteiger charge is 2.20. The molecule has 1 rings (SSSR count). The fourth-order valence-corrected chi connectivity index (χ4v) is 1.52. The second-order valence-electron chi connectivity index (χ2n) is 4.52. The number of benzene rings is 1. The Balaban J connectivity index is 2.70. The summed E-state index contributed by atoms with van der Waals surface area (Å²) in [6, 6.07) is 5.44. The van der Waals surface area contributed by atoms with E-state index in [2.05, 4.69) is 5.32 Å². The van der Waals surface area contributed by atoms with E-state index in [4.69, 9.17) is 5.73 Å². The van der Waals surface area contributed by atoms with Gasteiger partial charge < -0.3 is 11.1 Å². The van der Waals surface area contributed by atoms with Gasteiger partial charge in [-0.3, -0.25) is 4.79 Å². The lowest BCUT2D eigenvalue weighted by Crippen LogP contribution is -2.44. The van der Waals surface area contributed by atoms with Gasteiger partial charge in [0.15, 0.2) is 0 Å². The first-order chi connectivity index (χ1) is 7.93. The van der Waals surface area contributed by atoms with Crippen molar-refractivity contribution < 1.29 is 9.18 Å². The molecule has 0 radical (unpaired) electrons. The smallest absolute Gasteiger partial charge is 0.237 e. The average Bonchev–Trinajstić information content (AvgIpc) is 2.28. The largest absolute Gasteiger partial charge is 0.348 e. The molecule has 0 aliphatic heterocycles. The van der Waals surface area contributed by atoms with Gasteiger partial charge in [-0.2, -0.15) is 0 Å². The van der Waals surface area contributed by atoms with Crippen LogP contribution in [0.25, 0.3) is 0 Å². The maximum atomic E-state index is 13.5. The maximum Gasteiger partial charge on any atom is 0.237 e. The molecule has 0 fully saturated rings. The highest BCUT2D eigenvalue weighted by atomic mass is 19.1. The lowest BCUT2D eigenvalue weighted by atomic mass is 10.0. The molecule has 17 heavy (non-hydrogen) atoms. The minimum atomic E-state index is -0.566. The van der Waals surface area contributed by atoms with Crippen LogP contribution < -0.4 is 11.1 Å². The molecule has 1 aromatic rings. The highest BCUT2D eigenvalue weighted by molar-refractivity contribution is 5.82. The van der Waals surface area contributed by atoms with Crippen LogP contribution in [0.15, 0.2) is 24.3 Å².